The van der Waals surface area contributed by atoms with Gasteiger partial charge in [-0.2, -0.15) is 5.10 Å². The third kappa shape index (κ3) is 6.89. The molecular weight excluding hydrogens is 446 g/mol. The van der Waals surface area contributed by atoms with Crippen LogP contribution in [-0.4, -0.2) is 22.9 Å². The molecule has 3 rings (SSSR count). The van der Waals surface area contributed by atoms with Crippen LogP contribution in [0.5, 0.6) is 0 Å². The Kier molecular flexibility index (Phi) is 7.55. The molecule has 1 amide bonds. The lowest BCUT2D eigenvalue weighted by Crippen LogP contribution is -2.19. The molecular formula is C19H16BrN3O2S2. The largest absolute Gasteiger partial charge is 0.448 e. The lowest BCUT2D eigenvalue weighted by molar-refractivity contribution is -0.118. The van der Waals surface area contributed by atoms with Gasteiger partial charge >= 0.3 is 0 Å². The highest BCUT2D eigenvalue weighted by molar-refractivity contribution is 9.10. The van der Waals surface area contributed by atoms with Crippen LogP contribution >= 0.6 is 39.5 Å². The molecule has 0 atom stereocenters. The van der Waals surface area contributed by atoms with Crippen molar-refractivity contribution in [3.63, 3.8) is 0 Å². The van der Waals surface area contributed by atoms with Crippen LogP contribution in [-0.2, 0) is 10.5 Å². The molecule has 27 heavy (non-hydrogen) atoms. The van der Waals surface area contributed by atoms with E-state index in [-0.39, 0.29) is 5.91 Å². The second-order valence-corrected chi connectivity index (χ2v) is 8.27. The molecule has 3 aromatic rings. The molecule has 5 nitrogen and oxygen atoms in total. The van der Waals surface area contributed by atoms with Gasteiger partial charge in [0.1, 0.15) is 10.8 Å². The summed E-state index contributed by atoms with van der Waals surface area (Å²) in [4.78, 5) is 16.1. The van der Waals surface area contributed by atoms with Gasteiger partial charge in [-0.25, -0.2) is 10.4 Å². The van der Waals surface area contributed by atoms with E-state index in [9.17, 15) is 4.79 Å². The first-order valence-corrected chi connectivity index (χ1v) is 10.8. The highest BCUT2D eigenvalue weighted by atomic mass is 79.9. The van der Waals surface area contributed by atoms with Gasteiger partial charge in [-0.05, 0) is 53.7 Å². The van der Waals surface area contributed by atoms with Crippen LogP contribution in [0.3, 0.4) is 0 Å². The number of hydrogen-bond donors (Lipinski definition) is 1. The number of hydrazone groups is 1. The van der Waals surface area contributed by atoms with Crippen LogP contribution in [0.4, 0.5) is 0 Å². The van der Waals surface area contributed by atoms with Crippen molar-refractivity contribution in [2.75, 3.05) is 5.75 Å². The molecule has 0 unspecified atom stereocenters. The number of nitrogens with one attached hydrogen (secondary N) is 1. The third-order valence-electron chi connectivity index (χ3n) is 3.24. The summed E-state index contributed by atoms with van der Waals surface area (Å²) in [6, 6.07) is 17.4. The summed E-state index contributed by atoms with van der Waals surface area (Å²) >= 11 is 6.37. The Hall–Kier alpha value is -2.03. The van der Waals surface area contributed by atoms with Gasteiger partial charge in [0, 0.05) is 16.4 Å². The summed E-state index contributed by atoms with van der Waals surface area (Å²) in [6.07, 6.45) is 3.22. The number of furan rings is 1. The summed E-state index contributed by atoms with van der Waals surface area (Å²) < 4.78 is 6.68. The minimum atomic E-state index is -0.150. The Balaban J connectivity index is 1.39. The minimum absolute atomic E-state index is 0.150. The molecule has 0 bridgehead atoms. The Bertz CT molecular complexity index is 899. The summed E-state index contributed by atoms with van der Waals surface area (Å²) in [5.41, 5.74) is 3.68. The first-order chi connectivity index (χ1) is 13.2. The van der Waals surface area contributed by atoms with Crippen molar-refractivity contribution in [1.82, 2.24) is 10.4 Å². The second kappa shape index (κ2) is 10.3. The van der Waals surface area contributed by atoms with Crippen LogP contribution in [0.25, 0.3) is 0 Å². The zero-order valence-corrected chi connectivity index (χ0v) is 17.4. The fourth-order valence-corrected chi connectivity index (χ4v) is 3.80. The monoisotopic (exact) mass is 461 g/mol. The number of thioether (sulfide) groups is 1. The van der Waals surface area contributed by atoms with Gasteiger partial charge in [-0.3, -0.25) is 4.79 Å². The predicted octanol–water partition coefficient (Wildman–Crippen LogP) is 4.97. The van der Waals surface area contributed by atoms with Crippen molar-refractivity contribution >= 4 is 51.6 Å². The second-order valence-electron chi connectivity index (χ2n) is 5.34. The maximum atomic E-state index is 11.8. The molecule has 0 aliphatic heterocycles. The van der Waals surface area contributed by atoms with Gasteiger partial charge < -0.3 is 4.42 Å². The van der Waals surface area contributed by atoms with Crippen molar-refractivity contribution in [3.05, 3.63) is 76.6 Å². The van der Waals surface area contributed by atoms with Gasteiger partial charge in [0.05, 0.1) is 12.0 Å². The van der Waals surface area contributed by atoms with E-state index in [1.165, 1.54) is 35.3 Å². The van der Waals surface area contributed by atoms with Crippen molar-refractivity contribution in [3.8, 4) is 0 Å². The maximum absolute atomic E-state index is 11.8. The summed E-state index contributed by atoms with van der Waals surface area (Å²) in [5.74, 6) is 1.53. The Labute approximate surface area is 174 Å². The number of halogens is 1. The predicted molar refractivity (Wildman–Crippen MR) is 113 cm³/mol. The number of aromatic nitrogens is 1. The molecule has 2 aromatic heterocycles. The van der Waals surface area contributed by atoms with E-state index in [0.717, 1.165) is 15.3 Å². The number of carbonyl (C=O) groups excluding carboxylic acids is 1. The van der Waals surface area contributed by atoms with Crippen LogP contribution in [0, 0.1) is 0 Å². The standard InChI is InChI=1S/C19H16BrN3O2S2/c20-15-6-4-14(5-7-15)12-26-13-17(24)23-22-11-16-8-9-19(25-16)27-18-3-1-2-10-21-18/h1-11H,12-13H2,(H,23,24)/b22-11-. The molecule has 138 valence electrons. The van der Waals surface area contributed by atoms with E-state index in [1.807, 2.05) is 48.5 Å². The molecule has 0 aliphatic carbocycles. The van der Waals surface area contributed by atoms with E-state index >= 15 is 0 Å². The zero-order chi connectivity index (χ0) is 18.9. The van der Waals surface area contributed by atoms with E-state index in [2.05, 4.69) is 31.4 Å². The number of pyridine rings is 1. The summed E-state index contributed by atoms with van der Waals surface area (Å²) in [6.45, 7) is 0. The number of benzene rings is 1. The average molecular weight is 462 g/mol. The normalized spacial score (nSPS) is 11.0. The molecule has 2 heterocycles. The Morgan fingerprint density at radius 1 is 1.19 bits per heavy atom. The minimum Gasteiger partial charge on any atom is -0.448 e. The molecule has 0 spiro atoms. The Morgan fingerprint density at radius 3 is 2.81 bits per heavy atom. The number of amides is 1. The average Bonchev–Trinajstić information content (AvgIpc) is 3.11. The highest BCUT2D eigenvalue weighted by Crippen LogP contribution is 2.26. The molecule has 0 radical (unpaired) electrons. The molecule has 0 saturated heterocycles. The van der Waals surface area contributed by atoms with Crippen LogP contribution in [0.1, 0.15) is 11.3 Å². The van der Waals surface area contributed by atoms with Gasteiger partial charge in [0.2, 0.25) is 5.91 Å². The van der Waals surface area contributed by atoms with Crippen molar-refractivity contribution in [1.29, 1.82) is 0 Å². The van der Waals surface area contributed by atoms with Gasteiger partial charge in [0.25, 0.3) is 0 Å². The van der Waals surface area contributed by atoms with E-state index < -0.39 is 0 Å². The molecule has 0 saturated carbocycles. The molecule has 0 aliphatic rings. The summed E-state index contributed by atoms with van der Waals surface area (Å²) in [5, 5.41) is 5.50. The lowest BCUT2D eigenvalue weighted by atomic mass is 10.2. The van der Waals surface area contributed by atoms with Crippen LogP contribution in [0.15, 0.2) is 84.9 Å². The molecule has 1 N–H and O–H groups in total. The summed E-state index contributed by atoms with van der Waals surface area (Å²) in [7, 11) is 0. The van der Waals surface area contributed by atoms with Gasteiger partial charge in [0.15, 0.2) is 5.09 Å². The Morgan fingerprint density at radius 2 is 2.04 bits per heavy atom. The van der Waals surface area contributed by atoms with E-state index in [4.69, 9.17) is 4.42 Å². The van der Waals surface area contributed by atoms with Crippen LogP contribution < -0.4 is 5.43 Å². The van der Waals surface area contributed by atoms with E-state index in [0.29, 0.717) is 16.6 Å². The first kappa shape index (κ1) is 19.7. The highest BCUT2D eigenvalue weighted by Gasteiger charge is 2.04. The van der Waals surface area contributed by atoms with E-state index in [1.54, 1.807) is 12.3 Å². The SMILES string of the molecule is O=C(CSCc1ccc(Br)cc1)N/N=C\c1ccc(Sc2ccccn2)o1. The van der Waals surface area contributed by atoms with Crippen molar-refractivity contribution in [2.45, 2.75) is 15.9 Å². The third-order valence-corrected chi connectivity index (χ3v) is 5.64. The number of hydrogen-bond acceptors (Lipinski definition) is 6. The van der Waals surface area contributed by atoms with Crippen molar-refractivity contribution in [2.24, 2.45) is 5.10 Å². The molecule has 1 aromatic carbocycles. The van der Waals surface area contributed by atoms with Crippen molar-refractivity contribution < 1.29 is 9.21 Å². The smallest absolute Gasteiger partial charge is 0.250 e. The zero-order valence-electron chi connectivity index (χ0n) is 14.2. The first-order valence-electron chi connectivity index (χ1n) is 8.02. The number of rotatable bonds is 8. The quantitative estimate of drug-likeness (QED) is 0.378. The molecule has 8 heteroatoms. The lowest BCUT2D eigenvalue weighted by Gasteiger charge is -2.01. The van der Waals surface area contributed by atoms with Crippen LogP contribution in [0.2, 0.25) is 0 Å². The fraction of sp³-hybridized carbons (Fsp3) is 0.105. The number of nitrogens with zero attached hydrogens (tertiary/aromatic N) is 2. The fourth-order valence-electron chi connectivity index (χ4n) is 2.01. The topological polar surface area (TPSA) is 67.5 Å². The van der Waals surface area contributed by atoms with Gasteiger partial charge in [-0.1, -0.05) is 34.1 Å². The maximum Gasteiger partial charge on any atom is 0.250 e. The number of carbonyl (C=O) groups is 1. The molecule has 0 fully saturated rings. The van der Waals surface area contributed by atoms with Gasteiger partial charge in [-0.15, -0.1) is 11.8 Å².